The summed E-state index contributed by atoms with van der Waals surface area (Å²) in [6.07, 6.45) is 4.52. The molecule has 4 nitrogen and oxygen atoms in total. The number of anilines is 1. The van der Waals surface area contributed by atoms with Crippen LogP contribution < -0.4 is 10.6 Å². The first-order chi connectivity index (χ1) is 8.09. The third-order valence-electron chi connectivity index (χ3n) is 3.64. The molecule has 2 rings (SSSR count). The lowest BCUT2D eigenvalue weighted by molar-refractivity contribution is 0.247. The summed E-state index contributed by atoms with van der Waals surface area (Å²) in [6.45, 7) is 9.94. The lowest BCUT2D eigenvalue weighted by Gasteiger charge is -2.34. The molecular weight excluding hydrogens is 212 g/mol. The Morgan fingerprint density at radius 2 is 2.18 bits per heavy atom. The Balaban J connectivity index is 1.88. The summed E-state index contributed by atoms with van der Waals surface area (Å²) in [4.78, 5) is 0. The molecule has 1 fully saturated rings. The largest absolute Gasteiger partial charge is 0.368 e. The van der Waals surface area contributed by atoms with Gasteiger partial charge in [0.05, 0.1) is 0 Å². The zero-order chi connectivity index (χ0) is 12.3. The van der Waals surface area contributed by atoms with Gasteiger partial charge in [0.15, 0.2) is 0 Å². The highest BCUT2D eigenvalue weighted by molar-refractivity contribution is 5.32. The van der Waals surface area contributed by atoms with Gasteiger partial charge in [-0.25, -0.2) is 0 Å². The Hall–Kier alpha value is -1.03. The van der Waals surface area contributed by atoms with Crippen LogP contribution >= 0.6 is 0 Å². The minimum Gasteiger partial charge on any atom is -0.368 e. The molecule has 0 radical (unpaired) electrons. The molecule has 0 amide bonds. The maximum atomic E-state index is 4.52. The fourth-order valence-corrected chi connectivity index (χ4v) is 2.23. The molecule has 1 saturated heterocycles. The predicted molar refractivity (Wildman–Crippen MR) is 71.3 cm³/mol. The summed E-state index contributed by atoms with van der Waals surface area (Å²) in [5, 5.41) is 11.4. The lowest BCUT2D eigenvalue weighted by Crippen LogP contribution is -2.39. The van der Waals surface area contributed by atoms with E-state index in [0.717, 1.165) is 25.5 Å². The van der Waals surface area contributed by atoms with Crippen molar-refractivity contribution in [2.24, 2.45) is 5.41 Å². The first kappa shape index (κ1) is 12.4. The molecule has 17 heavy (non-hydrogen) atoms. The fourth-order valence-electron chi connectivity index (χ4n) is 2.23. The van der Waals surface area contributed by atoms with E-state index in [0.29, 0.717) is 11.5 Å². The van der Waals surface area contributed by atoms with Crippen LogP contribution in [0.25, 0.3) is 0 Å². The van der Waals surface area contributed by atoms with E-state index in [4.69, 9.17) is 0 Å². The summed E-state index contributed by atoms with van der Waals surface area (Å²) in [7, 11) is 0. The number of nitrogens with zero attached hydrogens (tertiary/aromatic N) is 2. The second-order valence-electron chi connectivity index (χ2n) is 5.69. The van der Waals surface area contributed by atoms with Crippen LogP contribution in [0.15, 0.2) is 12.3 Å². The average molecular weight is 236 g/mol. The SMILES string of the molecule is CC(C)n1ccc(NCC2(C)CCNCC2)n1. The number of hydrogen-bond acceptors (Lipinski definition) is 3. The molecule has 2 heterocycles. The third-order valence-corrected chi connectivity index (χ3v) is 3.64. The number of piperidine rings is 1. The minimum atomic E-state index is 0.410. The van der Waals surface area contributed by atoms with Crippen molar-refractivity contribution >= 4 is 5.82 Å². The van der Waals surface area contributed by atoms with E-state index in [1.807, 2.05) is 10.9 Å². The van der Waals surface area contributed by atoms with Crippen LogP contribution in [-0.2, 0) is 0 Å². The smallest absolute Gasteiger partial charge is 0.148 e. The average Bonchev–Trinajstić information content (AvgIpc) is 2.76. The summed E-state index contributed by atoms with van der Waals surface area (Å²) in [5.41, 5.74) is 0.410. The topological polar surface area (TPSA) is 41.9 Å². The maximum absolute atomic E-state index is 4.52. The minimum absolute atomic E-state index is 0.410. The highest BCUT2D eigenvalue weighted by atomic mass is 15.3. The molecule has 0 aromatic carbocycles. The van der Waals surface area contributed by atoms with Gasteiger partial charge < -0.3 is 10.6 Å². The Morgan fingerprint density at radius 1 is 1.47 bits per heavy atom. The molecule has 1 aromatic heterocycles. The van der Waals surface area contributed by atoms with Gasteiger partial charge in [-0.3, -0.25) is 4.68 Å². The molecule has 0 aliphatic carbocycles. The van der Waals surface area contributed by atoms with Gasteiger partial charge in [0.1, 0.15) is 5.82 Å². The van der Waals surface area contributed by atoms with Gasteiger partial charge in [0, 0.05) is 24.8 Å². The molecule has 0 saturated carbocycles. The highest BCUT2D eigenvalue weighted by Crippen LogP contribution is 2.27. The molecule has 4 heteroatoms. The van der Waals surface area contributed by atoms with Crippen LogP contribution in [0.3, 0.4) is 0 Å². The molecular formula is C13H24N4. The van der Waals surface area contributed by atoms with Crippen molar-refractivity contribution < 1.29 is 0 Å². The van der Waals surface area contributed by atoms with Crippen LogP contribution in [0.4, 0.5) is 5.82 Å². The second kappa shape index (κ2) is 5.08. The van der Waals surface area contributed by atoms with E-state index in [1.165, 1.54) is 12.8 Å². The van der Waals surface area contributed by atoms with Crippen LogP contribution in [-0.4, -0.2) is 29.4 Å². The fraction of sp³-hybridized carbons (Fsp3) is 0.769. The molecule has 0 bridgehead atoms. The van der Waals surface area contributed by atoms with E-state index >= 15 is 0 Å². The first-order valence-electron chi connectivity index (χ1n) is 6.59. The summed E-state index contributed by atoms with van der Waals surface area (Å²) < 4.78 is 1.99. The molecule has 2 N–H and O–H groups in total. The van der Waals surface area contributed by atoms with E-state index < -0.39 is 0 Å². The van der Waals surface area contributed by atoms with Crippen molar-refractivity contribution in [1.29, 1.82) is 0 Å². The molecule has 96 valence electrons. The number of nitrogens with one attached hydrogen (secondary N) is 2. The second-order valence-corrected chi connectivity index (χ2v) is 5.69. The number of rotatable bonds is 4. The molecule has 1 aliphatic rings. The Kier molecular flexibility index (Phi) is 3.72. The Morgan fingerprint density at radius 3 is 2.76 bits per heavy atom. The highest BCUT2D eigenvalue weighted by Gasteiger charge is 2.26. The van der Waals surface area contributed by atoms with Gasteiger partial charge in [-0.1, -0.05) is 6.92 Å². The molecule has 0 atom stereocenters. The Bertz CT molecular complexity index is 350. The summed E-state index contributed by atoms with van der Waals surface area (Å²) in [6, 6.07) is 2.49. The van der Waals surface area contributed by atoms with Gasteiger partial charge in [0.25, 0.3) is 0 Å². The van der Waals surface area contributed by atoms with Gasteiger partial charge in [-0.05, 0) is 45.2 Å². The Labute approximate surface area is 104 Å². The van der Waals surface area contributed by atoms with Gasteiger partial charge >= 0.3 is 0 Å². The van der Waals surface area contributed by atoms with E-state index in [-0.39, 0.29) is 0 Å². The van der Waals surface area contributed by atoms with Crippen LogP contribution in [0.2, 0.25) is 0 Å². The van der Waals surface area contributed by atoms with Crippen molar-refractivity contribution in [3.8, 4) is 0 Å². The zero-order valence-electron chi connectivity index (χ0n) is 11.2. The van der Waals surface area contributed by atoms with E-state index in [9.17, 15) is 0 Å². The van der Waals surface area contributed by atoms with Crippen LogP contribution in [0.1, 0.15) is 39.7 Å². The predicted octanol–water partition coefficient (Wildman–Crippen LogP) is 2.27. The molecule has 1 aliphatic heterocycles. The summed E-state index contributed by atoms with van der Waals surface area (Å²) >= 11 is 0. The zero-order valence-corrected chi connectivity index (χ0v) is 11.2. The summed E-state index contributed by atoms with van der Waals surface area (Å²) in [5.74, 6) is 0.999. The monoisotopic (exact) mass is 236 g/mol. The van der Waals surface area contributed by atoms with Crippen molar-refractivity contribution in [2.45, 2.75) is 39.7 Å². The van der Waals surface area contributed by atoms with Crippen molar-refractivity contribution in [3.05, 3.63) is 12.3 Å². The van der Waals surface area contributed by atoms with E-state index in [2.05, 4.69) is 42.6 Å². The van der Waals surface area contributed by atoms with E-state index in [1.54, 1.807) is 0 Å². The number of aromatic nitrogens is 2. The molecule has 0 spiro atoms. The normalized spacial score (nSPS) is 19.5. The van der Waals surface area contributed by atoms with Gasteiger partial charge in [0.2, 0.25) is 0 Å². The third kappa shape index (κ3) is 3.22. The van der Waals surface area contributed by atoms with Gasteiger partial charge in [-0.15, -0.1) is 0 Å². The van der Waals surface area contributed by atoms with Crippen molar-refractivity contribution in [1.82, 2.24) is 15.1 Å². The van der Waals surface area contributed by atoms with Crippen molar-refractivity contribution in [3.63, 3.8) is 0 Å². The van der Waals surface area contributed by atoms with Crippen molar-refractivity contribution in [2.75, 3.05) is 25.0 Å². The number of hydrogen-bond donors (Lipinski definition) is 2. The lowest BCUT2D eigenvalue weighted by atomic mass is 9.81. The first-order valence-corrected chi connectivity index (χ1v) is 6.59. The standard InChI is InChI=1S/C13H24N4/c1-11(2)17-9-4-12(16-17)15-10-13(3)5-7-14-8-6-13/h4,9,11,14H,5-8,10H2,1-3H3,(H,15,16). The molecule has 0 unspecified atom stereocenters. The maximum Gasteiger partial charge on any atom is 0.148 e. The quantitative estimate of drug-likeness (QED) is 0.842. The van der Waals surface area contributed by atoms with Crippen LogP contribution in [0, 0.1) is 5.41 Å². The molecule has 1 aromatic rings. The van der Waals surface area contributed by atoms with Gasteiger partial charge in [-0.2, -0.15) is 5.10 Å². The van der Waals surface area contributed by atoms with Crippen LogP contribution in [0.5, 0.6) is 0 Å².